The standard InChI is InChI=1S/C17H26N2O4S/c1-3-19(4-2)17(20)13-23-15-9-11-16(12-10-15)24(21,22)18-14-7-5-6-8-14/h9-12,14,18H,3-8,13H2,1-2H3. The van der Waals surface area contributed by atoms with Gasteiger partial charge in [-0.25, -0.2) is 13.1 Å². The number of hydrogen-bond donors (Lipinski definition) is 1. The second-order valence-corrected chi connectivity index (χ2v) is 7.64. The number of amides is 1. The molecule has 1 amide bonds. The smallest absolute Gasteiger partial charge is 0.260 e. The van der Waals surface area contributed by atoms with Gasteiger partial charge in [-0.2, -0.15) is 0 Å². The summed E-state index contributed by atoms with van der Waals surface area (Å²) in [5.74, 6) is 0.398. The topological polar surface area (TPSA) is 75.7 Å². The summed E-state index contributed by atoms with van der Waals surface area (Å²) < 4.78 is 32.8. The number of ether oxygens (including phenoxy) is 1. The molecule has 0 heterocycles. The number of sulfonamides is 1. The monoisotopic (exact) mass is 354 g/mol. The number of nitrogens with one attached hydrogen (secondary N) is 1. The van der Waals surface area contributed by atoms with Crippen molar-refractivity contribution in [1.29, 1.82) is 0 Å². The van der Waals surface area contributed by atoms with Gasteiger partial charge in [-0.05, 0) is 51.0 Å². The molecule has 0 aromatic heterocycles. The molecule has 0 saturated heterocycles. The third-order valence-corrected chi connectivity index (χ3v) is 5.83. The van der Waals surface area contributed by atoms with E-state index in [1.807, 2.05) is 13.8 Å². The predicted molar refractivity (Wildman–Crippen MR) is 92.4 cm³/mol. The average Bonchev–Trinajstić information content (AvgIpc) is 3.06. The van der Waals surface area contributed by atoms with Crippen LogP contribution in [0.2, 0.25) is 0 Å². The Morgan fingerprint density at radius 1 is 1.17 bits per heavy atom. The Bertz CT molecular complexity index is 633. The zero-order valence-electron chi connectivity index (χ0n) is 14.3. The first kappa shape index (κ1) is 18.7. The molecule has 0 atom stereocenters. The molecule has 7 heteroatoms. The Kier molecular flexibility index (Phi) is 6.62. The van der Waals surface area contributed by atoms with Crippen molar-refractivity contribution < 1.29 is 17.9 Å². The minimum absolute atomic E-state index is 0.0395. The van der Waals surface area contributed by atoms with Crippen molar-refractivity contribution in [2.45, 2.75) is 50.5 Å². The zero-order valence-corrected chi connectivity index (χ0v) is 15.1. The van der Waals surface area contributed by atoms with E-state index >= 15 is 0 Å². The summed E-state index contributed by atoms with van der Waals surface area (Å²) in [5.41, 5.74) is 0. The van der Waals surface area contributed by atoms with Crippen molar-refractivity contribution in [3.63, 3.8) is 0 Å². The lowest BCUT2D eigenvalue weighted by atomic mass is 10.3. The maximum atomic E-state index is 12.3. The molecule has 0 unspecified atom stereocenters. The van der Waals surface area contributed by atoms with Crippen LogP contribution in [0.25, 0.3) is 0 Å². The molecule has 2 rings (SSSR count). The summed E-state index contributed by atoms with van der Waals surface area (Å²) in [6.45, 7) is 5.07. The van der Waals surface area contributed by atoms with Crippen LogP contribution in [0.5, 0.6) is 5.75 Å². The lowest BCUT2D eigenvalue weighted by molar-refractivity contribution is -0.132. The zero-order chi connectivity index (χ0) is 17.6. The molecular weight excluding hydrogens is 328 g/mol. The van der Waals surface area contributed by atoms with Gasteiger partial charge >= 0.3 is 0 Å². The Balaban J connectivity index is 1.93. The summed E-state index contributed by atoms with van der Waals surface area (Å²) in [5, 5.41) is 0. The molecule has 0 bridgehead atoms. The van der Waals surface area contributed by atoms with E-state index in [9.17, 15) is 13.2 Å². The van der Waals surface area contributed by atoms with Gasteiger partial charge in [0.2, 0.25) is 10.0 Å². The number of likely N-dealkylation sites (N-methyl/N-ethyl adjacent to an activating group) is 1. The highest BCUT2D eigenvalue weighted by Crippen LogP contribution is 2.21. The van der Waals surface area contributed by atoms with Crippen molar-refractivity contribution in [3.05, 3.63) is 24.3 Å². The maximum Gasteiger partial charge on any atom is 0.260 e. The molecule has 1 N–H and O–H groups in total. The number of nitrogens with zero attached hydrogens (tertiary/aromatic N) is 1. The van der Waals surface area contributed by atoms with E-state index in [1.165, 1.54) is 12.1 Å². The third kappa shape index (κ3) is 4.95. The van der Waals surface area contributed by atoms with Crippen molar-refractivity contribution in [2.24, 2.45) is 0 Å². The van der Waals surface area contributed by atoms with Crippen molar-refractivity contribution in [2.75, 3.05) is 19.7 Å². The molecule has 24 heavy (non-hydrogen) atoms. The van der Waals surface area contributed by atoms with E-state index < -0.39 is 10.0 Å². The first-order valence-corrected chi connectivity index (χ1v) is 9.97. The average molecular weight is 354 g/mol. The predicted octanol–water partition coefficient (Wildman–Crippen LogP) is 2.15. The van der Waals surface area contributed by atoms with E-state index in [0.717, 1.165) is 25.7 Å². The molecule has 1 aromatic carbocycles. The molecule has 1 aliphatic carbocycles. The maximum absolute atomic E-state index is 12.3. The Morgan fingerprint density at radius 2 is 1.75 bits per heavy atom. The minimum atomic E-state index is -3.49. The van der Waals surface area contributed by atoms with Crippen LogP contribution in [0, 0.1) is 0 Å². The van der Waals surface area contributed by atoms with Gasteiger partial charge in [-0.3, -0.25) is 4.79 Å². The SMILES string of the molecule is CCN(CC)C(=O)COc1ccc(S(=O)(=O)NC2CCCC2)cc1. The fraction of sp³-hybridized carbons (Fsp3) is 0.588. The highest BCUT2D eigenvalue weighted by atomic mass is 32.2. The van der Waals surface area contributed by atoms with Crippen LogP contribution in [0.1, 0.15) is 39.5 Å². The second kappa shape index (κ2) is 8.48. The minimum Gasteiger partial charge on any atom is -0.484 e. The second-order valence-electron chi connectivity index (χ2n) is 5.93. The van der Waals surface area contributed by atoms with E-state index in [2.05, 4.69) is 4.72 Å². The van der Waals surface area contributed by atoms with E-state index in [4.69, 9.17) is 4.74 Å². The van der Waals surface area contributed by atoms with Crippen molar-refractivity contribution >= 4 is 15.9 Å². The van der Waals surface area contributed by atoms with Gasteiger partial charge in [0.1, 0.15) is 5.75 Å². The van der Waals surface area contributed by atoms with Crippen LogP contribution in [0.15, 0.2) is 29.2 Å². The lowest BCUT2D eigenvalue weighted by Crippen LogP contribution is -2.34. The van der Waals surface area contributed by atoms with Crippen LogP contribution >= 0.6 is 0 Å². The van der Waals surface area contributed by atoms with E-state index in [0.29, 0.717) is 18.8 Å². The fourth-order valence-electron chi connectivity index (χ4n) is 2.86. The third-order valence-electron chi connectivity index (χ3n) is 4.29. The Labute approximate surface area is 144 Å². The Hall–Kier alpha value is -1.60. The molecule has 1 saturated carbocycles. The molecular formula is C17H26N2O4S. The van der Waals surface area contributed by atoms with Crippen LogP contribution in [-0.4, -0.2) is 45.0 Å². The summed E-state index contributed by atoms with van der Waals surface area (Å²) >= 11 is 0. The van der Waals surface area contributed by atoms with Gasteiger partial charge in [0.25, 0.3) is 5.91 Å². The lowest BCUT2D eigenvalue weighted by Gasteiger charge is -2.18. The molecule has 1 aliphatic rings. The number of rotatable bonds is 8. The fourth-order valence-corrected chi connectivity index (χ4v) is 4.16. The van der Waals surface area contributed by atoms with Gasteiger partial charge in [-0.15, -0.1) is 0 Å². The first-order chi connectivity index (χ1) is 11.5. The van der Waals surface area contributed by atoms with Gasteiger partial charge in [-0.1, -0.05) is 12.8 Å². The van der Waals surface area contributed by atoms with Crippen LogP contribution in [0.4, 0.5) is 0 Å². The van der Waals surface area contributed by atoms with Crippen LogP contribution < -0.4 is 9.46 Å². The summed E-state index contributed by atoms with van der Waals surface area (Å²) in [6, 6.07) is 6.22. The highest BCUT2D eigenvalue weighted by molar-refractivity contribution is 7.89. The molecule has 0 aliphatic heterocycles. The molecule has 134 valence electrons. The molecule has 0 radical (unpaired) electrons. The first-order valence-electron chi connectivity index (χ1n) is 8.49. The number of carbonyl (C=O) groups excluding carboxylic acids is 1. The van der Waals surface area contributed by atoms with Gasteiger partial charge in [0.15, 0.2) is 6.61 Å². The molecule has 1 aromatic rings. The number of carbonyl (C=O) groups is 1. The van der Waals surface area contributed by atoms with Crippen molar-refractivity contribution in [1.82, 2.24) is 9.62 Å². The van der Waals surface area contributed by atoms with Gasteiger partial charge in [0, 0.05) is 19.1 Å². The normalized spacial score (nSPS) is 15.4. The highest BCUT2D eigenvalue weighted by Gasteiger charge is 2.22. The Morgan fingerprint density at radius 3 is 2.29 bits per heavy atom. The summed E-state index contributed by atoms with van der Waals surface area (Å²) in [4.78, 5) is 13.8. The molecule has 0 spiro atoms. The number of hydrogen-bond acceptors (Lipinski definition) is 4. The molecule has 1 fully saturated rings. The summed E-state index contributed by atoms with van der Waals surface area (Å²) in [6.07, 6.45) is 3.93. The summed E-state index contributed by atoms with van der Waals surface area (Å²) in [7, 11) is -3.49. The van der Waals surface area contributed by atoms with E-state index in [1.54, 1.807) is 17.0 Å². The van der Waals surface area contributed by atoms with Gasteiger partial charge in [0.05, 0.1) is 4.90 Å². The quantitative estimate of drug-likeness (QED) is 0.776. The van der Waals surface area contributed by atoms with E-state index in [-0.39, 0.29) is 23.5 Å². The largest absolute Gasteiger partial charge is 0.484 e. The number of benzene rings is 1. The van der Waals surface area contributed by atoms with Gasteiger partial charge < -0.3 is 9.64 Å². The van der Waals surface area contributed by atoms with Crippen LogP contribution in [-0.2, 0) is 14.8 Å². The van der Waals surface area contributed by atoms with Crippen molar-refractivity contribution in [3.8, 4) is 5.75 Å². The van der Waals surface area contributed by atoms with Crippen LogP contribution in [0.3, 0.4) is 0 Å². The molecule has 6 nitrogen and oxygen atoms in total.